The Morgan fingerprint density at radius 3 is 2.67 bits per heavy atom. The lowest BCUT2D eigenvalue weighted by Crippen LogP contribution is -2.18. The van der Waals surface area contributed by atoms with Gasteiger partial charge in [0, 0.05) is 0 Å². The lowest BCUT2D eigenvalue weighted by atomic mass is 10.0. The Labute approximate surface area is 91.4 Å². The number of hydrogen-bond donors (Lipinski definition) is 1. The first-order valence-corrected chi connectivity index (χ1v) is 5.64. The van der Waals surface area contributed by atoms with E-state index in [2.05, 4.69) is 13.0 Å². The first-order chi connectivity index (χ1) is 7.26. The highest BCUT2D eigenvalue weighted by Gasteiger charge is 2.40. The number of benzene rings is 1. The molecule has 1 aliphatic rings. The van der Waals surface area contributed by atoms with Crippen molar-refractivity contribution in [3.63, 3.8) is 0 Å². The molecule has 0 aliphatic heterocycles. The van der Waals surface area contributed by atoms with E-state index in [4.69, 9.17) is 10.5 Å². The zero-order chi connectivity index (χ0) is 10.7. The van der Waals surface area contributed by atoms with Gasteiger partial charge < -0.3 is 10.5 Å². The van der Waals surface area contributed by atoms with E-state index in [0.717, 1.165) is 25.3 Å². The second-order valence-electron chi connectivity index (χ2n) is 4.57. The van der Waals surface area contributed by atoms with Crippen molar-refractivity contribution in [3.8, 4) is 5.75 Å². The number of nitrogens with two attached hydrogens (primary N) is 1. The Balaban J connectivity index is 1.81. The molecule has 2 rings (SSSR count). The first kappa shape index (κ1) is 10.5. The summed E-state index contributed by atoms with van der Waals surface area (Å²) in [4.78, 5) is 0. The van der Waals surface area contributed by atoms with Crippen molar-refractivity contribution in [2.45, 2.75) is 26.2 Å². The van der Waals surface area contributed by atoms with Gasteiger partial charge in [-0.15, -0.1) is 0 Å². The minimum atomic E-state index is 0.419. The van der Waals surface area contributed by atoms with Crippen molar-refractivity contribution in [1.82, 2.24) is 0 Å². The van der Waals surface area contributed by atoms with Gasteiger partial charge in [0.25, 0.3) is 0 Å². The molecule has 2 nitrogen and oxygen atoms in total. The van der Waals surface area contributed by atoms with Crippen molar-refractivity contribution in [1.29, 1.82) is 0 Å². The molecule has 0 amide bonds. The molecular weight excluding hydrogens is 186 g/mol. The molecule has 15 heavy (non-hydrogen) atoms. The summed E-state index contributed by atoms with van der Waals surface area (Å²) < 4.78 is 5.76. The molecule has 0 unspecified atom stereocenters. The normalized spacial score (nSPS) is 17.5. The van der Waals surface area contributed by atoms with Crippen molar-refractivity contribution >= 4 is 0 Å². The predicted octanol–water partition coefficient (Wildman–Crippen LogP) is 2.50. The van der Waals surface area contributed by atoms with E-state index in [-0.39, 0.29) is 0 Å². The molecule has 1 aliphatic carbocycles. The van der Waals surface area contributed by atoms with Crippen molar-refractivity contribution in [2.75, 3.05) is 13.2 Å². The molecule has 1 aromatic rings. The van der Waals surface area contributed by atoms with Gasteiger partial charge >= 0.3 is 0 Å². The van der Waals surface area contributed by atoms with Crippen molar-refractivity contribution in [3.05, 3.63) is 29.8 Å². The van der Waals surface area contributed by atoms with Gasteiger partial charge in [-0.3, -0.25) is 0 Å². The molecule has 1 saturated carbocycles. The molecule has 1 aromatic carbocycles. The van der Waals surface area contributed by atoms with Gasteiger partial charge in [-0.1, -0.05) is 18.2 Å². The Hall–Kier alpha value is -1.02. The maximum Gasteiger partial charge on any atom is 0.122 e. The molecule has 0 radical (unpaired) electrons. The molecule has 2 N–H and O–H groups in total. The van der Waals surface area contributed by atoms with Crippen LogP contribution in [0.5, 0.6) is 5.75 Å². The molecule has 0 aromatic heterocycles. The van der Waals surface area contributed by atoms with Gasteiger partial charge in [0.2, 0.25) is 0 Å². The Morgan fingerprint density at radius 2 is 2.07 bits per heavy atom. The molecule has 0 spiro atoms. The fraction of sp³-hybridized carbons (Fsp3) is 0.538. The van der Waals surface area contributed by atoms with Crippen LogP contribution in [0.3, 0.4) is 0 Å². The molecule has 2 heteroatoms. The van der Waals surface area contributed by atoms with Crippen LogP contribution in [0.15, 0.2) is 24.3 Å². The highest BCUT2D eigenvalue weighted by molar-refractivity contribution is 5.31. The second-order valence-corrected chi connectivity index (χ2v) is 4.57. The van der Waals surface area contributed by atoms with Crippen LogP contribution in [0.2, 0.25) is 0 Å². The fourth-order valence-corrected chi connectivity index (χ4v) is 1.83. The standard InChI is InChI=1S/C13H19NO/c1-11-4-2-3-5-12(11)15-9-8-13(10-14)6-7-13/h2-5H,6-10,14H2,1H3. The van der Waals surface area contributed by atoms with Crippen molar-refractivity contribution in [2.24, 2.45) is 11.1 Å². The first-order valence-electron chi connectivity index (χ1n) is 5.64. The van der Waals surface area contributed by atoms with Crippen LogP contribution < -0.4 is 10.5 Å². The SMILES string of the molecule is Cc1ccccc1OCCC1(CN)CC1. The maximum atomic E-state index is 5.76. The number of aryl methyl sites for hydroxylation is 1. The van der Waals surface area contributed by atoms with Crippen LogP contribution in [0.4, 0.5) is 0 Å². The summed E-state index contributed by atoms with van der Waals surface area (Å²) in [6.07, 6.45) is 3.65. The quantitative estimate of drug-likeness (QED) is 0.801. The van der Waals surface area contributed by atoms with Crippen LogP contribution >= 0.6 is 0 Å². The summed E-state index contributed by atoms with van der Waals surface area (Å²) in [5, 5.41) is 0. The average molecular weight is 205 g/mol. The lowest BCUT2D eigenvalue weighted by molar-refractivity contribution is 0.270. The van der Waals surface area contributed by atoms with Gasteiger partial charge in [-0.05, 0) is 49.8 Å². The fourth-order valence-electron chi connectivity index (χ4n) is 1.83. The van der Waals surface area contributed by atoms with Gasteiger partial charge in [-0.25, -0.2) is 0 Å². The summed E-state index contributed by atoms with van der Waals surface area (Å²) in [6.45, 7) is 3.68. The highest BCUT2D eigenvalue weighted by atomic mass is 16.5. The van der Waals surface area contributed by atoms with Crippen LogP contribution in [0.1, 0.15) is 24.8 Å². The van der Waals surface area contributed by atoms with Gasteiger partial charge in [0.15, 0.2) is 0 Å². The van der Waals surface area contributed by atoms with E-state index in [0.29, 0.717) is 5.41 Å². The molecule has 1 fully saturated rings. The van der Waals surface area contributed by atoms with E-state index in [9.17, 15) is 0 Å². The Morgan fingerprint density at radius 1 is 1.33 bits per heavy atom. The Bertz CT molecular complexity index is 331. The maximum absolute atomic E-state index is 5.76. The summed E-state index contributed by atoms with van der Waals surface area (Å²) in [5.41, 5.74) is 7.35. The van der Waals surface area contributed by atoms with E-state index >= 15 is 0 Å². The zero-order valence-electron chi connectivity index (χ0n) is 9.33. The third-order valence-electron chi connectivity index (χ3n) is 3.37. The summed E-state index contributed by atoms with van der Waals surface area (Å²) in [6, 6.07) is 8.14. The largest absolute Gasteiger partial charge is 0.493 e. The van der Waals surface area contributed by atoms with Crippen LogP contribution in [-0.2, 0) is 0 Å². The van der Waals surface area contributed by atoms with E-state index in [1.165, 1.54) is 18.4 Å². The average Bonchev–Trinajstić information content (AvgIpc) is 3.02. The van der Waals surface area contributed by atoms with Gasteiger partial charge in [0.05, 0.1) is 6.61 Å². The molecule has 82 valence electrons. The number of hydrogen-bond acceptors (Lipinski definition) is 2. The lowest BCUT2D eigenvalue weighted by Gasteiger charge is -2.13. The monoisotopic (exact) mass is 205 g/mol. The second kappa shape index (κ2) is 4.23. The minimum Gasteiger partial charge on any atom is -0.493 e. The third kappa shape index (κ3) is 2.51. The van der Waals surface area contributed by atoms with Gasteiger partial charge in [0.1, 0.15) is 5.75 Å². The topological polar surface area (TPSA) is 35.2 Å². The molecule has 0 bridgehead atoms. The van der Waals surface area contributed by atoms with Crippen LogP contribution in [-0.4, -0.2) is 13.2 Å². The Kier molecular flexibility index (Phi) is 2.96. The van der Waals surface area contributed by atoms with Crippen LogP contribution in [0.25, 0.3) is 0 Å². The summed E-state index contributed by atoms with van der Waals surface area (Å²) in [7, 11) is 0. The number of ether oxygens (including phenoxy) is 1. The number of rotatable bonds is 5. The smallest absolute Gasteiger partial charge is 0.122 e. The van der Waals surface area contributed by atoms with E-state index < -0.39 is 0 Å². The van der Waals surface area contributed by atoms with E-state index in [1.807, 2.05) is 18.2 Å². The summed E-state index contributed by atoms with van der Waals surface area (Å²) >= 11 is 0. The van der Waals surface area contributed by atoms with Crippen LogP contribution in [0, 0.1) is 12.3 Å². The third-order valence-corrected chi connectivity index (χ3v) is 3.37. The highest BCUT2D eigenvalue weighted by Crippen LogP contribution is 2.47. The molecular formula is C13H19NO. The zero-order valence-corrected chi connectivity index (χ0v) is 9.33. The predicted molar refractivity (Wildman–Crippen MR) is 62.0 cm³/mol. The molecule has 0 heterocycles. The van der Waals surface area contributed by atoms with Crippen molar-refractivity contribution < 1.29 is 4.74 Å². The number of para-hydroxylation sites is 1. The van der Waals surface area contributed by atoms with E-state index in [1.54, 1.807) is 0 Å². The molecule has 0 atom stereocenters. The minimum absolute atomic E-state index is 0.419. The summed E-state index contributed by atoms with van der Waals surface area (Å²) in [5.74, 6) is 1.00. The molecule has 0 saturated heterocycles. The van der Waals surface area contributed by atoms with Gasteiger partial charge in [-0.2, -0.15) is 0 Å².